The highest BCUT2D eigenvalue weighted by Crippen LogP contribution is 2.22. The predicted octanol–water partition coefficient (Wildman–Crippen LogP) is 3.93. The summed E-state index contributed by atoms with van der Waals surface area (Å²) in [5, 5.41) is 10.9. The van der Waals surface area contributed by atoms with Crippen LogP contribution in [-0.4, -0.2) is 35.3 Å². The molecule has 1 amide bonds. The number of anilines is 1. The van der Waals surface area contributed by atoms with Gasteiger partial charge < -0.3 is 5.32 Å². The lowest BCUT2D eigenvalue weighted by Crippen LogP contribution is -2.17. The van der Waals surface area contributed by atoms with Crippen LogP contribution in [0.5, 0.6) is 0 Å². The van der Waals surface area contributed by atoms with Crippen LogP contribution in [0.15, 0.2) is 78.0 Å². The molecule has 0 aliphatic carbocycles. The summed E-state index contributed by atoms with van der Waals surface area (Å²) in [5.41, 5.74) is 3.08. The van der Waals surface area contributed by atoms with E-state index >= 15 is 0 Å². The van der Waals surface area contributed by atoms with E-state index in [0.717, 1.165) is 22.2 Å². The molecule has 0 aliphatic heterocycles. The number of sulfone groups is 1. The smallest absolute Gasteiger partial charge is 0.225 e. The number of aromatic amines is 1. The van der Waals surface area contributed by atoms with E-state index in [1.807, 2.05) is 36.4 Å². The fraction of sp³-hybridized carbons (Fsp3) is 0.0870. The third kappa shape index (κ3) is 5.04. The molecule has 4 rings (SSSR count). The summed E-state index contributed by atoms with van der Waals surface area (Å²) in [4.78, 5) is 16.6. The van der Waals surface area contributed by atoms with Crippen LogP contribution in [0.2, 0.25) is 0 Å². The Hall–Kier alpha value is -3.78. The van der Waals surface area contributed by atoms with Crippen molar-refractivity contribution in [3.63, 3.8) is 0 Å². The summed E-state index contributed by atoms with van der Waals surface area (Å²) < 4.78 is 24.7. The van der Waals surface area contributed by atoms with E-state index in [-0.39, 0.29) is 23.0 Å². The van der Waals surface area contributed by atoms with Crippen LogP contribution in [0, 0.1) is 0 Å². The number of benzene rings is 2. The standard InChI is InChI=1S/C23H20N4O3S/c28-23(12-14-31(29,30)19-6-2-1-3-7-19)25-18-9-11-22-20(15-18)21(26-27-22)10-8-17-5-4-13-24-16-17/h1-11,13,15-16H,12,14H2,(H,25,28)(H,26,27). The average molecular weight is 433 g/mol. The number of nitrogens with one attached hydrogen (secondary N) is 2. The Bertz CT molecular complexity index is 1330. The van der Waals surface area contributed by atoms with Crippen molar-refractivity contribution >= 4 is 44.5 Å². The zero-order valence-corrected chi connectivity index (χ0v) is 17.3. The molecule has 0 atom stereocenters. The number of carbonyl (C=O) groups is 1. The zero-order valence-electron chi connectivity index (χ0n) is 16.5. The molecule has 0 unspecified atom stereocenters. The van der Waals surface area contributed by atoms with Gasteiger partial charge in [0.05, 0.1) is 21.9 Å². The minimum atomic E-state index is -3.50. The van der Waals surface area contributed by atoms with E-state index < -0.39 is 9.84 Å². The van der Waals surface area contributed by atoms with Gasteiger partial charge in [-0.2, -0.15) is 5.10 Å². The van der Waals surface area contributed by atoms with Gasteiger partial charge in [-0.05, 0) is 48.0 Å². The van der Waals surface area contributed by atoms with Crippen molar-refractivity contribution in [3.05, 3.63) is 84.3 Å². The van der Waals surface area contributed by atoms with Gasteiger partial charge in [-0.25, -0.2) is 8.42 Å². The van der Waals surface area contributed by atoms with Gasteiger partial charge in [0, 0.05) is 29.9 Å². The second-order valence-corrected chi connectivity index (χ2v) is 9.03. The number of pyridine rings is 1. The summed E-state index contributed by atoms with van der Waals surface area (Å²) in [6, 6.07) is 17.3. The largest absolute Gasteiger partial charge is 0.326 e. The second-order valence-electron chi connectivity index (χ2n) is 6.92. The van der Waals surface area contributed by atoms with E-state index in [1.165, 1.54) is 12.1 Å². The molecular formula is C23H20N4O3S. The number of H-pyrrole nitrogens is 1. The first-order valence-electron chi connectivity index (χ1n) is 9.65. The Kier molecular flexibility index (Phi) is 5.90. The van der Waals surface area contributed by atoms with Gasteiger partial charge in [0.2, 0.25) is 5.91 Å². The normalized spacial score (nSPS) is 11.7. The molecule has 0 radical (unpaired) electrons. The summed E-state index contributed by atoms with van der Waals surface area (Å²) >= 11 is 0. The van der Waals surface area contributed by atoms with E-state index in [9.17, 15) is 13.2 Å². The molecule has 2 N–H and O–H groups in total. The van der Waals surface area contributed by atoms with Crippen molar-refractivity contribution in [1.29, 1.82) is 0 Å². The maximum atomic E-state index is 12.4. The fourth-order valence-corrected chi connectivity index (χ4v) is 4.35. The molecule has 0 bridgehead atoms. The van der Waals surface area contributed by atoms with E-state index in [4.69, 9.17) is 0 Å². The van der Waals surface area contributed by atoms with Gasteiger partial charge >= 0.3 is 0 Å². The maximum absolute atomic E-state index is 12.4. The summed E-state index contributed by atoms with van der Waals surface area (Å²) in [6.07, 6.45) is 7.10. The van der Waals surface area contributed by atoms with Crippen LogP contribution < -0.4 is 5.32 Å². The van der Waals surface area contributed by atoms with Gasteiger partial charge in [0.15, 0.2) is 9.84 Å². The number of hydrogen-bond acceptors (Lipinski definition) is 5. The van der Waals surface area contributed by atoms with Crippen LogP contribution in [-0.2, 0) is 14.6 Å². The molecule has 156 valence electrons. The molecule has 4 aromatic rings. The second kappa shape index (κ2) is 8.93. The molecule has 2 heterocycles. The van der Waals surface area contributed by atoms with Crippen LogP contribution >= 0.6 is 0 Å². The summed E-state index contributed by atoms with van der Waals surface area (Å²) in [6.45, 7) is 0. The Morgan fingerprint density at radius 1 is 1.03 bits per heavy atom. The quantitative estimate of drug-likeness (QED) is 0.460. The van der Waals surface area contributed by atoms with Crippen molar-refractivity contribution in [1.82, 2.24) is 15.2 Å². The van der Waals surface area contributed by atoms with E-state index in [2.05, 4.69) is 20.5 Å². The van der Waals surface area contributed by atoms with Crippen molar-refractivity contribution in [2.45, 2.75) is 11.3 Å². The lowest BCUT2D eigenvalue weighted by molar-refractivity contribution is -0.115. The molecule has 8 heteroatoms. The first kappa shape index (κ1) is 20.5. The Labute approximate surface area is 179 Å². The highest BCUT2D eigenvalue weighted by molar-refractivity contribution is 7.91. The molecule has 0 spiro atoms. The highest BCUT2D eigenvalue weighted by Gasteiger charge is 2.16. The molecule has 2 aromatic heterocycles. The lowest BCUT2D eigenvalue weighted by Gasteiger charge is -2.07. The molecular weight excluding hydrogens is 412 g/mol. The van der Waals surface area contributed by atoms with E-state index in [0.29, 0.717) is 5.69 Å². The van der Waals surface area contributed by atoms with Crippen LogP contribution in [0.25, 0.3) is 23.1 Å². The first-order valence-corrected chi connectivity index (χ1v) is 11.3. The zero-order chi connectivity index (χ0) is 21.7. The Morgan fingerprint density at radius 3 is 2.65 bits per heavy atom. The maximum Gasteiger partial charge on any atom is 0.225 e. The molecule has 0 fully saturated rings. The third-order valence-corrected chi connectivity index (χ3v) is 6.43. The van der Waals surface area contributed by atoms with Crippen molar-refractivity contribution in [3.8, 4) is 0 Å². The van der Waals surface area contributed by atoms with Crippen LogP contribution in [0.1, 0.15) is 17.7 Å². The number of hydrogen-bond donors (Lipinski definition) is 2. The fourth-order valence-electron chi connectivity index (χ4n) is 3.09. The van der Waals surface area contributed by atoms with Crippen LogP contribution in [0.4, 0.5) is 5.69 Å². The number of fused-ring (bicyclic) bond motifs is 1. The number of amides is 1. The summed E-state index contributed by atoms with van der Waals surface area (Å²) in [5.74, 6) is -0.620. The van der Waals surface area contributed by atoms with Gasteiger partial charge in [0.1, 0.15) is 0 Å². The SMILES string of the molecule is O=C(CCS(=O)(=O)c1ccccc1)Nc1ccc2[nH]nc(C=Cc3cccnc3)c2c1. The van der Waals surface area contributed by atoms with Gasteiger partial charge in [-0.3, -0.25) is 14.9 Å². The molecule has 0 saturated heterocycles. The Morgan fingerprint density at radius 2 is 1.87 bits per heavy atom. The van der Waals surface area contributed by atoms with Crippen molar-refractivity contribution in [2.24, 2.45) is 0 Å². The van der Waals surface area contributed by atoms with Crippen LogP contribution in [0.3, 0.4) is 0 Å². The van der Waals surface area contributed by atoms with Gasteiger partial charge in [0.25, 0.3) is 0 Å². The minimum absolute atomic E-state index is 0.131. The highest BCUT2D eigenvalue weighted by atomic mass is 32.2. The average Bonchev–Trinajstić information content (AvgIpc) is 3.20. The summed E-state index contributed by atoms with van der Waals surface area (Å²) in [7, 11) is -3.50. The lowest BCUT2D eigenvalue weighted by atomic mass is 10.1. The monoisotopic (exact) mass is 432 g/mol. The molecule has 31 heavy (non-hydrogen) atoms. The minimum Gasteiger partial charge on any atom is -0.326 e. The first-order chi connectivity index (χ1) is 15.0. The number of aromatic nitrogens is 3. The van der Waals surface area contributed by atoms with Crippen molar-refractivity contribution < 1.29 is 13.2 Å². The topological polar surface area (TPSA) is 105 Å². The molecule has 0 saturated carbocycles. The number of rotatable bonds is 7. The molecule has 0 aliphatic rings. The number of carbonyl (C=O) groups excluding carboxylic acids is 1. The predicted molar refractivity (Wildman–Crippen MR) is 121 cm³/mol. The van der Waals surface area contributed by atoms with Gasteiger partial charge in [-0.1, -0.05) is 30.3 Å². The van der Waals surface area contributed by atoms with Gasteiger partial charge in [-0.15, -0.1) is 0 Å². The van der Waals surface area contributed by atoms with E-state index in [1.54, 1.807) is 36.7 Å². The van der Waals surface area contributed by atoms with Crippen molar-refractivity contribution in [2.75, 3.05) is 11.1 Å². The Balaban J connectivity index is 1.45. The third-order valence-electron chi connectivity index (χ3n) is 4.69. The molecule has 2 aromatic carbocycles. The molecule has 7 nitrogen and oxygen atoms in total. The number of nitrogens with zero attached hydrogens (tertiary/aromatic N) is 2.